The number of halogens is 2. The zero-order valence-corrected chi connectivity index (χ0v) is 16.2. The van der Waals surface area contributed by atoms with Crippen LogP contribution in [0.15, 0.2) is 48.5 Å². The summed E-state index contributed by atoms with van der Waals surface area (Å²) in [6.45, 7) is 2.34. The van der Waals surface area contributed by atoms with Crippen molar-refractivity contribution in [1.82, 2.24) is 10.0 Å². The Bertz CT molecular complexity index is 831. The average molecular weight is 399 g/mol. The first-order valence-electron chi connectivity index (χ1n) is 8.56. The lowest BCUT2D eigenvalue weighted by molar-refractivity contribution is 0.484. The third-order valence-corrected chi connectivity index (χ3v) is 6.08. The van der Waals surface area contributed by atoms with E-state index in [1.165, 1.54) is 0 Å². The number of benzene rings is 2. The van der Waals surface area contributed by atoms with E-state index in [1.54, 1.807) is 19.1 Å². The second-order valence-corrected chi connectivity index (χ2v) is 8.37. The molecule has 0 aromatic heterocycles. The van der Waals surface area contributed by atoms with Crippen molar-refractivity contribution in [2.75, 3.05) is 12.3 Å². The Labute approximate surface area is 160 Å². The zero-order chi connectivity index (χ0) is 17.9. The normalized spacial score (nSPS) is 19.9. The second kappa shape index (κ2) is 8.95. The largest absolute Gasteiger partial charge is 0.312 e. The number of rotatable bonds is 6. The highest BCUT2D eigenvalue weighted by Gasteiger charge is 2.30. The summed E-state index contributed by atoms with van der Waals surface area (Å²) in [6.07, 6.45) is 1.16. The molecule has 1 fully saturated rings. The number of hydrogen-bond acceptors (Lipinski definition) is 3. The van der Waals surface area contributed by atoms with Crippen LogP contribution in [0.1, 0.15) is 18.9 Å². The molecule has 26 heavy (non-hydrogen) atoms. The van der Waals surface area contributed by atoms with Gasteiger partial charge in [0, 0.05) is 17.6 Å². The van der Waals surface area contributed by atoms with Crippen LogP contribution in [0.3, 0.4) is 0 Å². The molecule has 3 rings (SSSR count). The molecular weight excluding hydrogens is 375 g/mol. The molecule has 7 heteroatoms. The van der Waals surface area contributed by atoms with Crippen molar-refractivity contribution in [2.24, 2.45) is 0 Å². The van der Waals surface area contributed by atoms with Gasteiger partial charge in [0.15, 0.2) is 0 Å². The molecule has 0 spiro atoms. The third-order valence-electron chi connectivity index (χ3n) is 4.66. The third kappa shape index (κ3) is 4.82. The van der Waals surface area contributed by atoms with Crippen LogP contribution in [0, 0.1) is 5.82 Å². The Kier molecular flexibility index (Phi) is 7.17. The summed E-state index contributed by atoms with van der Waals surface area (Å²) in [7, 11) is -3.27. The smallest absolute Gasteiger partial charge is 0.211 e. The Morgan fingerprint density at radius 3 is 2.58 bits per heavy atom. The molecular formula is C19H24ClFN2O2S. The highest BCUT2D eigenvalue weighted by Crippen LogP contribution is 2.26. The summed E-state index contributed by atoms with van der Waals surface area (Å²) < 4.78 is 41.4. The molecule has 1 saturated heterocycles. The molecule has 0 aliphatic carbocycles. The van der Waals surface area contributed by atoms with Gasteiger partial charge in [-0.1, -0.05) is 48.5 Å². The van der Waals surface area contributed by atoms with E-state index >= 15 is 0 Å². The van der Waals surface area contributed by atoms with Gasteiger partial charge in [0.05, 0.1) is 5.75 Å². The number of sulfonamides is 1. The quantitative estimate of drug-likeness (QED) is 0.786. The summed E-state index contributed by atoms with van der Waals surface area (Å²) in [5.74, 6) is -0.187. The minimum atomic E-state index is -3.27. The average Bonchev–Trinajstić information content (AvgIpc) is 3.03. The molecule has 2 aromatic rings. The summed E-state index contributed by atoms with van der Waals surface area (Å²) in [4.78, 5) is 0. The van der Waals surface area contributed by atoms with Crippen LogP contribution in [0.4, 0.5) is 4.39 Å². The van der Waals surface area contributed by atoms with E-state index in [0.29, 0.717) is 24.0 Å². The maximum Gasteiger partial charge on any atom is 0.211 e. The van der Waals surface area contributed by atoms with Crippen LogP contribution in [0.25, 0.3) is 11.1 Å². The molecule has 0 radical (unpaired) electrons. The van der Waals surface area contributed by atoms with E-state index in [9.17, 15) is 12.8 Å². The Morgan fingerprint density at radius 1 is 1.15 bits per heavy atom. The Morgan fingerprint density at radius 2 is 1.88 bits per heavy atom. The second-order valence-electron chi connectivity index (χ2n) is 6.33. The molecule has 0 bridgehead atoms. The minimum Gasteiger partial charge on any atom is -0.312 e. The van der Waals surface area contributed by atoms with Crippen LogP contribution in [-0.4, -0.2) is 32.8 Å². The lowest BCUT2D eigenvalue weighted by atomic mass is 9.96. The van der Waals surface area contributed by atoms with Gasteiger partial charge in [-0.2, -0.15) is 0 Å². The standard InChI is InChI=1S/C19H23FN2O2S.ClH/c1-2-25(23,24)22-17-11-12-21-18(17)13-15-9-6-10-16(19(15)20)14-7-4-3-5-8-14;/h3-10,17-18,21-22H,2,11-13H2,1H3;1H/t17-,18-;/m0./s1. The highest BCUT2D eigenvalue weighted by atomic mass is 35.5. The van der Waals surface area contributed by atoms with Crippen LogP contribution >= 0.6 is 12.4 Å². The Balaban J connectivity index is 0.00000243. The fourth-order valence-corrected chi connectivity index (χ4v) is 4.16. The van der Waals surface area contributed by atoms with E-state index in [0.717, 1.165) is 12.1 Å². The van der Waals surface area contributed by atoms with E-state index in [1.807, 2.05) is 36.4 Å². The van der Waals surface area contributed by atoms with E-state index in [2.05, 4.69) is 10.0 Å². The monoisotopic (exact) mass is 398 g/mol. The first kappa shape index (κ1) is 20.8. The van der Waals surface area contributed by atoms with Gasteiger partial charge in [0.25, 0.3) is 0 Å². The fraction of sp³-hybridized carbons (Fsp3) is 0.368. The molecule has 0 amide bonds. The lowest BCUT2D eigenvalue weighted by Gasteiger charge is -2.21. The lowest BCUT2D eigenvalue weighted by Crippen LogP contribution is -2.45. The van der Waals surface area contributed by atoms with Crippen molar-refractivity contribution in [2.45, 2.75) is 31.8 Å². The van der Waals surface area contributed by atoms with Gasteiger partial charge in [-0.25, -0.2) is 17.5 Å². The summed E-state index contributed by atoms with van der Waals surface area (Å²) in [5.41, 5.74) is 2.01. The topological polar surface area (TPSA) is 58.2 Å². The first-order valence-corrected chi connectivity index (χ1v) is 10.2. The van der Waals surface area contributed by atoms with E-state index < -0.39 is 10.0 Å². The predicted molar refractivity (Wildman–Crippen MR) is 106 cm³/mol. The molecule has 1 heterocycles. The Hall–Kier alpha value is -1.47. The molecule has 2 aromatic carbocycles. The van der Waals surface area contributed by atoms with Crippen LogP contribution in [-0.2, 0) is 16.4 Å². The van der Waals surface area contributed by atoms with Gasteiger partial charge >= 0.3 is 0 Å². The van der Waals surface area contributed by atoms with E-state index in [-0.39, 0.29) is 36.1 Å². The van der Waals surface area contributed by atoms with Crippen LogP contribution < -0.4 is 10.0 Å². The van der Waals surface area contributed by atoms with Crippen molar-refractivity contribution in [1.29, 1.82) is 0 Å². The SMILES string of the molecule is CCS(=O)(=O)N[C@H]1CCN[C@H]1Cc1cccc(-c2ccccc2)c1F.Cl. The number of hydrogen-bond donors (Lipinski definition) is 2. The predicted octanol–water partition coefficient (Wildman–Crippen LogP) is 3.13. The highest BCUT2D eigenvalue weighted by molar-refractivity contribution is 7.89. The molecule has 2 atom stereocenters. The summed E-state index contributed by atoms with van der Waals surface area (Å²) in [5, 5.41) is 3.29. The molecule has 4 nitrogen and oxygen atoms in total. The van der Waals surface area contributed by atoms with Gasteiger partial charge in [-0.15, -0.1) is 12.4 Å². The van der Waals surface area contributed by atoms with Gasteiger partial charge in [-0.3, -0.25) is 0 Å². The maximum absolute atomic E-state index is 15.0. The van der Waals surface area contributed by atoms with Crippen LogP contribution in [0.5, 0.6) is 0 Å². The fourth-order valence-electron chi connectivity index (χ4n) is 3.25. The number of nitrogens with one attached hydrogen (secondary N) is 2. The van der Waals surface area contributed by atoms with Gasteiger partial charge < -0.3 is 5.32 Å². The molecule has 1 aliphatic rings. The van der Waals surface area contributed by atoms with Crippen molar-refractivity contribution < 1.29 is 12.8 Å². The van der Waals surface area contributed by atoms with Gasteiger partial charge in [0.2, 0.25) is 10.0 Å². The van der Waals surface area contributed by atoms with Crippen LogP contribution in [0.2, 0.25) is 0 Å². The molecule has 0 unspecified atom stereocenters. The van der Waals surface area contributed by atoms with Crippen molar-refractivity contribution in [3.63, 3.8) is 0 Å². The molecule has 2 N–H and O–H groups in total. The first-order chi connectivity index (χ1) is 12.0. The van der Waals surface area contributed by atoms with E-state index in [4.69, 9.17) is 0 Å². The zero-order valence-electron chi connectivity index (χ0n) is 14.6. The van der Waals surface area contributed by atoms with Crippen molar-refractivity contribution in [3.8, 4) is 11.1 Å². The molecule has 142 valence electrons. The molecule has 1 aliphatic heterocycles. The van der Waals surface area contributed by atoms with Crippen molar-refractivity contribution in [3.05, 3.63) is 59.9 Å². The van der Waals surface area contributed by atoms with Crippen molar-refractivity contribution >= 4 is 22.4 Å². The summed E-state index contributed by atoms with van der Waals surface area (Å²) >= 11 is 0. The molecule has 0 saturated carbocycles. The van der Waals surface area contributed by atoms with Gasteiger partial charge in [0.1, 0.15) is 5.82 Å². The maximum atomic E-state index is 15.0. The minimum absolute atomic E-state index is 0. The summed E-state index contributed by atoms with van der Waals surface area (Å²) in [6, 6.07) is 14.5. The van der Waals surface area contributed by atoms with Gasteiger partial charge in [-0.05, 0) is 37.4 Å².